The molecule has 0 saturated carbocycles. The summed E-state index contributed by atoms with van der Waals surface area (Å²) in [7, 11) is 2.07. The molecule has 53 heavy (non-hydrogen) atoms. The molecule has 3 N–H and O–H groups in total. The van der Waals surface area contributed by atoms with E-state index in [9.17, 15) is 40.7 Å². The molecule has 0 radical (unpaired) electrons. The molecule has 0 bridgehead atoms. The number of hydrogen-bond donors (Lipinski definition) is 2. The standard InChI is InChI=1S/C37H47F6N7O3/c1-46-11-7-27(8-12-46)47-16-18-49(19-17-47)34(52)26(20-24-21-29(36(38,39)40)33(44)30(22-24)37(41,42)43)23-32(51)48-13-9-28(10-14-48)50-15-6-25-4-2-3-5-31(25)45-35(50)53/h2-5,21-22,26-28H,6-20,23,44H2,1H3,(H,45,53)/t26-/m0/s1. The summed E-state index contributed by atoms with van der Waals surface area (Å²) < 4.78 is 83.5. The predicted octanol–water partition coefficient (Wildman–Crippen LogP) is 5.17. The Morgan fingerprint density at radius 1 is 0.811 bits per heavy atom. The Morgan fingerprint density at radius 2 is 1.40 bits per heavy atom. The van der Waals surface area contributed by atoms with Gasteiger partial charge in [0.25, 0.3) is 0 Å². The number of benzene rings is 2. The number of hydrogen-bond acceptors (Lipinski definition) is 6. The number of urea groups is 1. The Hall–Kier alpha value is -4.05. The summed E-state index contributed by atoms with van der Waals surface area (Å²) >= 11 is 0. The summed E-state index contributed by atoms with van der Waals surface area (Å²) in [5.41, 5.74) is 2.11. The summed E-state index contributed by atoms with van der Waals surface area (Å²) in [5, 5.41) is 2.96. The fourth-order valence-corrected chi connectivity index (χ4v) is 8.26. The van der Waals surface area contributed by atoms with Crippen LogP contribution in [0.5, 0.6) is 0 Å². The average Bonchev–Trinajstić information content (AvgIpc) is 3.29. The Morgan fingerprint density at radius 3 is 2.00 bits per heavy atom. The van der Waals surface area contributed by atoms with Crippen LogP contribution in [-0.2, 0) is 34.8 Å². The highest BCUT2D eigenvalue weighted by molar-refractivity contribution is 5.91. The monoisotopic (exact) mass is 751 g/mol. The van der Waals surface area contributed by atoms with Crippen LogP contribution in [0.4, 0.5) is 42.5 Å². The van der Waals surface area contributed by atoms with E-state index in [1.807, 2.05) is 24.3 Å². The third-order valence-corrected chi connectivity index (χ3v) is 11.3. The zero-order chi connectivity index (χ0) is 38.1. The first-order chi connectivity index (χ1) is 25.1. The van der Waals surface area contributed by atoms with Crippen molar-refractivity contribution in [1.29, 1.82) is 0 Å². The van der Waals surface area contributed by atoms with Crippen LogP contribution in [0, 0.1) is 5.92 Å². The van der Waals surface area contributed by atoms with Crippen molar-refractivity contribution in [1.82, 2.24) is 24.5 Å². The van der Waals surface area contributed by atoms with E-state index < -0.39 is 53.3 Å². The van der Waals surface area contributed by atoms with Crippen LogP contribution in [-0.4, -0.2) is 120 Å². The number of piperidine rings is 2. The zero-order valence-electron chi connectivity index (χ0n) is 29.8. The lowest BCUT2D eigenvalue weighted by atomic mass is 9.90. The molecule has 0 spiro atoms. The second-order valence-corrected chi connectivity index (χ2v) is 14.7. The largest absolute Gasteiger partial charge is 0.418 e. The van der Waals surface area contributed by atoms with Gasteiger partial charge in [-0.1, -0.05) is 18.2 Å². The van der Waals surface area contributed by atoms with Crippen LogP contribution in [0.15, 0.2) is 36.4 Å². The number of amides is 4. The average molecular weight is 752 g/mol. The van der Waals surface area contributed by atoms with Crippen LogP contribution in [0.1, 0.15) is 54.4 Å². The van der Waals surface area contributed by atoms with Gasteiger partial charge in [0.1, 0.15) is 0 Å². The number of alkyl halides is 6. The molecular weight excluding hydrogens is 704 g/mol. The molecule has 4 aliphatic rings. The van der Waals surface area contributed by atoms with Crippen molar-refractivity contribution in [3.8, 4) is 0 Å². The molecule has 0 aliphatic carbocycles. The Bertz CT molecular complexity index is 1610. The quantitative estimate of drug-likeness (QED) is 0.299. The number of nitrogens with zero attached hydrogens (tertiary/aromatic N) is 5. The number of nitrogens with two attached hydrogens (primary N) is 1. The van der Waals surface area contributed by atoms with E-state index in [-0.39, 0.29) is 37.1 Å². The molecule has 2 aromatic carbocycles. The molecular formula is C37H47F6N7O3. The molecule has 16 heteroatoms. The van der Waals surface area contributed by atoms with Gasteiger partial charge in [0, 0.05) is 70.0 Å². The minimum absolute atomic E-state index is 0.136. The molecule has 4 aliphatic heterocycles. The van der Waals surface area contributed by atoms with Crippen LogP contribution < -0.4 is 11.1 Å². The molecule has 290 valence electrons. The second kappa shape index (κ2) is 15.7. The number of likely N-dealkylation sites (tertiary alicyclic amines) is 2. The van der Waals surface area contributed by atoms with Gasteiger partial charge in [-0.2, -0.15) is 26.3 Å². The highest BCUT2D eigenvalue weighted by atomic mass is 19.4. The Balaban J connectivity index is 1.16. The van der Waals surface area contributed by atoms with Gasteiger partial charge in [-0.25, -0.2) is 4.79 Å². The molecule has 3 fully saturated rings. The molecule has 2 aromatic rings. The van der Waals surface area contributed by atoms with Crippen LogP contribution in [0.3, 0.4) is 0 Å². The highest BCUT2D eigenvalue weighted by Gasteiger charge is 2.42. The number of anilines is 2. The van der Waals surface area contributed by atoms with E-state index in [2.05, 4.69) is 22.2 Å². The van der Waals surface area contributed by atoms with Gasteiger partial charge < -0.3 is 30.7 Å². The molecule has 3 saturated heterocycles. The van der Waals surface area contributed by atoms with Gasteiger partial charge >= 0.3 is 18.4 Å². The predicted molar refractivity (Wildman–Crippen MR) is 187 cm³/mol. The van der Waals surface area contributed by atoms with Gasteiger partial charge in [-0.15, -0.1) is 0 Å². The topological polar surface area (TPSA) is 105 Å². The summed E-state index contributed by atoms with van der Waals surface area (Å²) in [6.07, 6.45) is -7.61. The molecule has 4 heterocycles. The van der Waals surface area contributed by atoms with E-state index in [1.54, 1.807) is 14.7 Å². The van der Waals surface area contributed by atoms with E-state index in [1.165, 1.54) is 0 Å². The van der Waals surface area contributed by atoms with Crippen molar-refractivity contribution in [3.63, 3.8) is 0 Å². The van der Waals surface area contributed by atoms with Gasteiger partial charge in [-0.05, 0) is 88.0 Å². The SMILES string of the molecule is CN1CCC(N2CCN(C(=O)[C@H](CC(=O)N3CCC(N4CCc5ccccc5NC4=O)CC3)Cc3cc(C(F)(F)F)c(N)c(C(F)(F)F)c3)CC2)CC1. The molecule has 10 nitrogen and oxygen atoms in total. The van der Waals surface area contributed by atoms with Gasteiger partial charge in [-0.3, -0.25) is 14.5 Å². The van der Waals surface area contributed by atoms with Gasteiger partial charge in [0.15, 0.2) is 0 Å². The van der Waals surface area contributed by atoms with Crippen molar-refractivity contribution >= 4 is 29.2 Å². The van der Waals surface area contributed by atoms with Gasteiger partial charge in [0.2, 0.25) is 11.8 Å². The summed E-state index contributed by atoms with van der Waals surface area (Å²) in [6.45, 7) is 4.86. The first-order valence-electron chi connectivity index (χ1n) is 18.3. The number of rotatable bonds is 7. The van der Waals surface area contributed by atoms with Crippen molar-refractivity contribution in [2.75, 3.05) is 77.0 Å². The van der Waals surface area contributed by atoms with E-state index in [0.717, 1.165) is 37.2 Å². The van der Waals surface area contributed by atoms with Crippen molar-refractivity contribution in [2.24, 2.45) is 5.92 Å². The number of para-hydroxylation sites is 1. The Labute approximate surface area is 305 Å². The highest BCUT2D eigenvalue weighted by Crippen LogP contribution is 2.42. The number of halogens is 6. The van der Waals surface area contributed by atoms with Crippen molar-refractivity contribution in [2.45, 2.75) is 69.4 Å². The molecule has 0 unspecified atom stereocenters. The number of piperazine rings is 1. The van der Waals surface area contributed by atoms with Gasteiger partial charge in [0.05, 0.1) is 22.7 Å². The fourth-order valence-electron chi connectivity index (χ4n) is 8.26. The molecule has 6 rings (SSSR count). The maximum atomic E-state index is 14.1. The summed E-state index contributed by atoms with van der Waals surface area (Å²) in [4.78, 5) is 50.5. The second-order valence-electron chi connectivity index (χ2n) is 14.7. The maximum absolute atomic E-state index is 14.1. The van der Waals surface area contributed by atoms with Crippen LogP contribution in [0.25, 0.3) is 0 Å². The lowest BCUT2D eigenvalue weighted by molar-refractivity contribution is -0.143. The normalized spacial score (nSPS) is 20.9. The fraction of sp³-hybridized carbons (Fsp3) is 0.595. The van der Waals surface area contributed by atoms with E-state index in [4.69, 9.17) is 5.73 Å². The number of carbonyl (C=O) groups is 3. The minimum atomic E-state index is -5.17. The number of nitrogen functional groups attached to an aromatic ring is 1. The first kappa shape index (κ1) is 38.7. The van der Waals surface area contributed by atoms with E-state index in [0.29, 0.717) is 70.2 Å². The molecule has 1 atom stereocenters. The van der Waals surface area contributed by atoms with E-state index >= 15 is 0 Å². The Kier molecular flexibility index (Phi) is 11.5. The molecule has 4 amide bonds. The minimum Gasteiger partial charge on any atom is -0.398 e. The number of nitrogens with one attached hydrogen (secondary N) is 1. The number of fused-ring (bicyclic) bond motifs is 1. The maximum Gasteiger partial charge on any atom is 0.418 e. The third-order valence-electron chi connectivity index (χ3n) is 11.3. The van der Waals surface area contributed by atoms with Crippen LogP contribution in [0.2, 0.25) is 0 Å². The third kappa shape index (κ3) is 9.02. The molecule has 0 aromatic heterocycles. The zero-order valence-corrected chi connectivity index (χ0v) is 29.8. The smallest absolute Gasteiger partial charge is 0.398 e. The number of carbonyl (C=O) groups excluding carboxylic acids is 3. The summed E-state index contributed by atoms with van der Waals surface area (Å²) in [5.74, 6) is -2.09. The summed E-state index contributed by atoms with van der Waals surface area (Å²) in [6, 6.07) is 8.71. The van der Waals surface area contributed by atoms with Crippen molar-refractivity contribution < 1.29 is 40.7 Å². The van der Waals surface area contributed by atoms with Crippen LogP contribution >= 0.6 is 0 Å². The lowest BCUT2D eigenvalue weighted by Crippen LogP contribution is -2.55. The lowest BCUT2D eigenvalue weighted by Gasteiger charge is -2.43. The first-order valence-corrected chi connectivity index (χ1v) is 18.3. The van der Waals surface area contributed by atoms with Crippen molar-refractivity contribution in [3.05, 3.63) is 58.7 Å².